The quantitative estimate of drug-likeness (QED) is 0.461. The van der Waals surface area contributed by atoms with Gasteiger partial charge in [0.25, 0.3) is 0 Å². The Labute approximate surface area is 153 Å². The maximum Gasteiger partial charge on any atom is 0.115 e. The Morgan fingerprint density at radius 3 is 0.885 bits per heavy atom. The minimum atomic E-state index is 0.257. The van der Waals surface area contributed by atoms with Crippen molar-refractivity contribution in [1.29, 1.82) is 0 Å². The molecule has 26 heavy (non-hydrogen) atoms. The van der Waals surface area contributed by atoms with Crippen molar-refractivity contribution in [2.45, 2.75) is 0 Å². The molecule has 0 heterocycles. The van der Waals surface area contributed by atoms with Crippen LogP contribution in [0.1, 0.15) is 0 Å². The van der Waals surface area contributed by atoms with Gasteiger partial charge >= 0.3 is 0 Å². The normalized spacial score (nSPS) is 9.85. The molecule has 0 amide bonds. The first-order valence-corrected chi connectivity index (χ1v) is 8.41. The number of benzene rings is 4. The summed E-state index contributed by atoms with van der Waals surface area (Å²) in [4.78, 5) is 0. The molecule has 0 radical (unpaired) electrons. The molecule has 4 rings (SSSR count). The first kappa shape index (κ1) is 17.3. The van der Waals surface area contributed by atoms with E-state index in [1.165, 1.54) is 11.1 Å². The maximum absolute atomic E-state index is 9.11. The van der Waals surface area contributed by atoms with Gasteiger partial charge in [-0.25, -0.2) is 0 Å². The van der Waals surface area contributed by atoms with Crippen molar-refractivity contribution in [3.05, 3.63) is 109 Å². The lowest BCUT2D eigenvalue weighted by Gasteiger charge is -2.01. The van der Waals surface area contributed by atoms with Crippen molar-refractivity contribution >= 4 is 0 Å². The lowest BCUT2D eigenvalue weighted by molar-refractivity contribution is 0.474. The molecule has 2 heteroatoms. The predicted octanol–water partition coefficient (Wildman–Crippen LogP) is 6.12. The molecular formula is C24H20O2. The van der Waals surface area contributed by atoms with Crippen LogP contribution < -0.4 is 0 Å². The fraction of sp³-hybridized carbons (Fsp3) is 0. The number of phenols is 2. The van der Waals surface area contributed by atoms with E-state index >= 15 is 0 Å². The SMILES string of the molecule is Oc1ccc(-c2ccc(O)cc2)cc1.c1ccc(-c2ccccc2)cc1. The highest BCUT2D eigenvalue weighted by molar-refractivity contribution is 5.65. The Kier molecular flexibility index (Phi) is 5.69. The largest absolute Gasteiger partial charge is 0.508 e. The van der Waals surface area contributed by atoms with Crippen LogP contribution >= 0.6 is 0 Å². The fourth-order valence-electron chi connectivity index (χ4n) is 2.57. The molecular weight excluding hydrogens is 320 g/mol. The van der Waals surface area contributed by atoms with E-state index in [0.29, 0.717) is 0 Å². The van der Waals surface area contributed by atoms with E-state index in [1.807, 2.05) is 36.4 Å². The zero-order chi connectivity index (χ0) is 18.2. The fourth-order valence-corrected chi connectivity index (χ4v) is 2.57. The van der Waals surface area contributed by atoms with Gasteiger partial charge in [-0.1, -0.05) is 84.9 Å². The average Bonchev–Trinajstić information content (AvgIpc) is 2.71. The van der Waals surface area contributed by atoms with Gasteiger partial charge in [0.05, 0.1) is 0 Å². The number of hydrogen-bond acceptors (Lipinski definition) is 2. The summed E-state index contributed by atoms with van der Waals surface area (Å²) in [6, 6.07) is 34.7. The molecule has 4 aromatic rings. The zero-order valence-corrected chi connectivity index (χ0v) is 14.3. The molecule has 0 aliphatic heterocycles. The summed E-state index contributed by atoms with van der Waals surface area (Å²) < 4.78 is 0. The van der Waals surface area contributed by atoms with Crippen molar-refractivity contribution in [3.63, 3.8) is 0 Å². The van der Waals surface area contributed by atoms with Crippen molar-refractivity contribution in [2.24, 2.45) is 0 Å². The second kappa shape index (κ2) is 8.54. The molecule has 2 N–H and O–H groups in total. The standard InChI is InChI=1S/C12H10O2.C12H10/c13-11-5-1-9(2-6-11)10-3-7-12(14)8-4-10;1-3-7-11(8-4-1)12-9-5-2-6-10-12/h1-8,13-14H;1-10H. The molecule has 0 aromatic heterocycles. The Hall–Kier alpha value is -3.52. The molecule has 0 spiro atoms. The van der Waals surface area contributed by atoms with Crippen LogP contribution in [-0.4, -0.2) is 10.2 Å². The van der Waals surface area contributed by atoms with Crippen LogP contribution in [0.4, 0.5) is 0 Å². The Balaban J connectivity index is 0.000000152. The van der Waals surface area contributed by atoms with Crippen LogP contribution in [0.5, 0.6) is 11.5 Å². The summed E-state index contributed by atoms with van der Waals surface area (Å²) in [6.07, 6.45) is 0. The van der Waals surface area contributed by atoms with Crippen LogP contribution in [0.15, 0.2) is 109 Å². The number of hydrogen-bond donors (Lipinski definition) is 2. The summed E-state index contributed by atoms with van der Waals surface area (Å²) in [5.41, 5.74) is 4.58. The number of rotatable bonds is 2. The van der Waals surface area contributed by atoms with Crippen molar-refractivity contribution in [3.8, 4) is 33.8 Å². The van der Waals surface area contributed by atoms with E-state index < -0.39 is 0 Å². The molecule has 0 saturated carbocycles. The Bertz CT molecular complexity index is 832. The minimum Gasteiger partial charge on any atom is -0.508 e. The second-order valence-electron chi connectivity index (χ2n) is 5.83. The Morgan fingerprint density at radius 1 is 0.308 bits per heavy atom. The van der Waals surface area contributed by atoms with E-state index in [1.54, 1.807) is 24.3 Å². The minimum absolute atomic E-state index is 0.257. The molecule has 2 nitrogen and oxygen atoms in total. The molecule has 0 unspecified atom stereocenters. The van der Waals surface area contributed by atoms with Gasteiger partial charge in [-0.05, 0) is 46.5 Å². The topological polar surface area (TPSA) is 40.5 Å². The van der Waals surface area contributed by atoms with Crippen LogP contribution in [0, 0.1) is 0 Å². The highest BCUT2D eigenvalue weighted by Gasteiger charge is 1.97. The average molecular weight is 340 g/mol. The summed E-state index contributed by atoms with van der Waals surface area (Å²) in [5.74, 6) is 0.514. The molecule has 0 atom stereocenters. The van der Waals surface area contributed by atoms with Crippen LogP contribution in [0.2, 0.25) is 0 Å². The van der Waals surface area contributed by atoms with Gasteiger partial charge in [0.1, 0.15) is 11.5 Å². The van der Waals surface area contributed by atoms with E-state index in [9.17, 15) is 0 Å². The van der Waals surface area contributed by atoms with E-state index in [-0.39, 0.29) is 11.5 Å². The molecule has 4 aromatic carbocycles. The zero-order valence-electron chi connectivity index (χ0n) is 14.3. The third-order valence-corrected chi connectivity index (χ3v) is 3.95. The third kappa shape index (κ3) is 4.74. The lowest BCUT2D eigenvalue weighted by atomic mass is 10.1. The van der Waals surface area contributed by atoms with Gasteiger partial charge in [-0.3, -0.25) is 0 Å². The van der Waals surface area contributed by atoms with Crippen LogP contribution in [0.25, 0.3) is 22.3 Å². The van der Waals surface area contributed by atoms with Gasteiger partial charge in [0.15, 0.2) is 0 Å². The summed E-state index contributed by atoms with van der Waals surface area (Å²) in [6.45, 7) is 0. The van der Waals surface area contributed by atoms with E-state index in [4.69, 9.17) is 10.2 Å². The van der Waals surface area contributed by atoms with Crippen molar-refractivity contribution < 1.29 is 10.2 Å². The number of phenolic OH excluding ortho intramolecular Hbond substituents is 2. The third-order valence-electron chi connectivity index (χ3n) is 3.95. The molecule has 0 aliphatic rings. The van der Waals surface area contributed by atoms with Gasteiger partial charge in [0.2, 0.25) is 0 Å². The first-order chi connectivity index (χ1) is 12.7. The second-order valence-corrected chi connectivity index (χ2v) is 5.83. The first-order valence-electron chi connectivity index (χ1n) is 8.41. The molecule has 0 aliphatic carbocycles. The summed E-state index contributed by atoms with van der Waals surface area (Å²) >= 11 is 0. The smallest absolute Gasteiger partial charge is 0.115 e. The van der Waals surface area contributed by atoms with Gasteiger partial charge < -0.3 is 10.2 Å². The summed E-state index contributed by atoms with van der Waals surface area (Å²) in [5, 5.41) is 18.2. The molecule has 128 valence electrons. The van der Waals surface area contributed by atoms with Crippen molar-refractivity contribution in [2.75, 3.05) is 0 Å². The van der Waals surface area contributed by atoms with Gasteiger partial charge in [0, 0.05) is 0 Å². The van der Waals surface area contributed by atoms with E-state index in [0.717, 1.165) is 11.1 Å². The van der Waals surface area contributed by atoms with Crippen LogP contribution in [-0.2, 0) is 0 Å². The molecule has 0 bridgehead atoms. The van der Waals surface area contributed by atoms with Gasteiger partial charge in [-0.15, -0.1) is 0 Å². The predicted molar refractivity (Wildman–Crippen MR) is 107 cm³/mol. The highest BCUT2D eigenvalue weighted by atomic mass is 16.3. The Morgan fingerprint density at radius 2 is 0.577 bits per heavy atom. The highest BCUT2D eigenvalue weighted by Crippen LogP contribution is 2.23. The number of aromatic hydroxyl groups is 2. The van der Waals surface area contributed by atoms with Crippen LogP contribution in [0.3, 0.4) is 0 Å². The van der Waals surface area contributed by atoms with Gasteiger partial charge in [-0.2, -0.15) is 0 Å². The maximum atomic E-state index is 9.11. The molecule has 0 saturated heterocycles. The molecule has 0 fully saturated rings. The van der Waals surface area contributed by atoms with E-state index in [2.05, 4.69) is 48.5 Å². The van der Waals surface area contributed by atoms with Crippen molar-refractivity contribution in [1.82, 2.24) is 0 Å². The summed E-state index contributed by atoms with van der Waals surface area (Å²) in [7, 11) is 0. The monoisotopic (exact) mass is 340 g/mol. The lowest BCUT2D eigenvalue weighted by Crippen LogP contribution is -1.75.